The van der Waals surface area contributed by atoms with Crippen molar-refractivity contribution in [3.8, 4) is 0 Å². The van der Waals surface area contributed by atoms with Gasteiger partial charge in [0.15, 0.2) is 0 Å². The van der Waals surface area contributed by atoms with E-state index >= 15 is 0 Å². The molecule has 0 aliphatic carbocycles. The molecule has 2 heterocycles. The van der Waals surface area contributed by atoms with Gasteiger partial charge in [-0.05, 0) is 52.0 Å². The third-order valence-corrected chi connectivity index (χ3v) is 4.80. The fourth-order valence-corrected chi connectivity index (χ4v) is 3.10. The largest absolute Gasteiger partial charge is 0.453 e. The molecule has 0 radical (unpaired) electrons. The molecule has 1 fully saturated rings. The van der Waals surface area contributed by atoms with Crippen LogP contribution in [0.2, 0.25) is 0 Å². The summed E-state index contributed by atoms with van der Waals surface area (Å²) in [5.41, 5.74) is 3.44. The number of nitrogens with zero attached hydrogens (tertiary/aromatic N) is 3. The highest BCUT2D eigenvalue weighted by molar-refractivity contribution is 5.85. The molecule has 0 spiro atoms. The van der Waals surface area contributed by atoms with Crippen molar-refractivity contribution >= 4 is 12.0 Å². The lowest BCUT2D eigenvalue weighted by atomic mass is 10.0. The summed E-state index contributed by atoms with van der Waals surface area (Å²) in [6.45, 7) is 8.05. The normalized spacial score (nSPS) is 17.7. The predicted molar refractivity (Wildman–Crippen MR) is 90.8 cm³/mol. The minimum atomic E-state index is -0.423. The molecule has 134 valence electrons. The number of methoxy groups -OCH3 is 1. The Morgan fingerprint density at radius 3 is 2.67 bits per heavy atom. The molecule has 7 nitrogen and oxygen atoms in total. The summed E-state index contributed by atoms with van der Waals surface area (Å²) >= 11 is 0. The molecule has 7 heteroatoms. The molecule has 0 bridgehead atoms. The lowest BCUT2D eigenvalue weighted by Crippen LogP contribution is -2.52. The van der Waals surface area contributed by atoms with Crippen molar-refractivity contribution in [2.24, 2.45) is 0 Å². The average molecular weight is 336 g/mol. The van der Waals surface area contributed by atoms with Crippen molar-refractivity contribution in [2.45, 2.75) is 59.0 Å². The summed E-state index contributed by atoms with van der Waals surface area (Å²) in [6.07, 6.45) is 2.94. The van der Waals surface area contributed by atoms with Gasteiger partial charge in [0.25, 0.3) is 0 Å². The second-order valence-electron chi connectivity index (χ2n) is 6.34. The maximum Gasteiger partial charge on any atom is 0.410 e. The van der Waals surface area contributed by atoms with Crippen molar-refractivity contribution in [3.63, 3.8) is 0 Å². The number of carbonyl (C=O) groups is 2. The summed E-state index contributed by atoms with van der Waals surface area (Å²) in [7, 11) is 1.35. The van der Waals surface area contributed by atoms with Crippen LogP contribution >= 0.6 is 0 Å². The van der Waals surface area contributed by atoms with Gasteiger partial charge in [-0.3, -0.25) is 14.4 Å². The number of likely N-dealkylation sites (tertiary alicyclic amines) is 1. The molecule has 1 aromatic rings. The standard InChI is InChI=1S/C17H28N4O3/c1-12-13(2)19-21(14(12)3)11-7-9-18-16(22)15-8-5-6-10-20(15)17(23)24-4/h15H,5-11H2,1-4H3,(H,18,22)/t15-/m1/s1. The number of rotatable bonds is 5. The second kappa shape index (κ2) is 8.17. The maximum absolute atomic E-state index is 12.4. The van der Waals surface area contributed by atoms with Crippen LogP contribution < -0.4 is 5.32 Å². The number of piperidine rings is 1. The first-order valence-electron chi connectivity index (χ1n) is 8.58. The zero-order valence-corrected chi connectivity index (χ0v) is 15.1. The first-order valence-corrected chi connectivity index (χ1v) is 8.58. The SMILES string of the molecule is COC(=O)N1CCCC[C@@H]1C(=O)NCCCn1nc(C)c(C)c1C. The Bertz CT molecular complexity index is 597. The second-order valence-corrected chi connectivity index (χ2v) is 6.34. The minimum Gasteiger partial charge on any atom is -0.453 e. The van der Waals surface area contributed by atoms with Crippen molar-refractivity contribution < 1.29 is 14.3 Å². The molecule has 1 N–H and O–H groups in total. The highest BCUT2D eigenvalue weighted by Gasteiger charge is 2.32. The van der Waals surface area contributed by atoms with Crippen LogP contribution in [0, 0.1) is 20.8 Å². The molecule has 1 aromatic heterocycles. The lowest BCUT2D eigenvalue weighted by molar-refractivity contribution is -0.127. The Morgan fingerprint density at radius 2 is 2.04 bits per heavy atom. The topological polar surface area (TPSA) is 76.5 Å². The van der Waals surface area contributed by atoms with Crippen LogP contribution in [0.5, 0.6) is 0 Å². The van der Waals surface area contributed by atoms with Crippen LogP contribution in [0.4, 0.5) is 4.79 Å². The lowest BCUT2D eigenvalue weighted by Gasteiger charge is -2.33. The number of hydrogen-bond acceptors (Lipinski definition) is 4. The van der Waals surface area contributed by atoms with Crippen LogP contribution in [0.15, 0.2) is 0 Å². The number of ether oxygens (including phenoxy) is 1. The molecular formula is C17H28N4O3. The average Bonchev–Trinajstić information content (AvgIpc) is 2.84. The summed E-state index contributed by atoms with van der Waals surface area (Å²) < 4.78 is 6.76. The number of aromatic nitrogens is 2. The van der Waals surface area contributed by atoms with E-state index in [1.165, 1.54) is 23.3 Å². The van der Waals surface area contributed by atoms with Gasteiger partial charge in [0.05, 0.1) is 12.8 Å². The third kappa shape index (κ3) is 4.07. The summed E-state index contributed by atoms with van der Waals surface area (Å²) in [4.78, 5) is 25.7. The van der Waals surface area contributed by atoms with Crippen molar-refractivity contribution in [1.82, 2.24) is 20.0 Å². The first-order chi connectivity index (χ1) is 11.5. The van der Waals surface area contributed by atoms with Gasteiger partial charge >= 0.3 is 6.09 Å². The van der Waals surface area contributed by atoms with Gasteiger partial charge in [-0.2, -0.15) is 5.10 Å². The van der Waals surface area contributed by atoms with Crippen LogP contribution in [-0.4, -0.2) is 52.9 Å². The van der Waals surface area contributed by atoms with E-state index in [1.54, 1.807) is 0 Å². The number of carbonyl (C=O) groups excluding carboxylic acids is 2. The molecule has 1 aliphatic heterocycles. The Hall–Kier alpha value is -2.05. The third-order valence-electron chi connectivity index (χ3n) is 4.80. The van der Waals surface area contributed by atoms with E-state index in [1.807, 2.05) is 11.6 Å². The minimum absolute atomic E-state index is 0.0929. The maximum atomic E-state index is 12.4. The summed E-state index contributed by atoms with van der Waals surface area (Å²) in [6, 6.07) is -0.415. The molecule has 1 saturated heterocycles. The molecule has 1 aliphatic rings. The first kappa shape index (κ1) is 18.3. The van der Waals surface area contributed by atoms with E-state index in [0.29, 0.717) is 19.5 Å². The Balaban J connectivity index is 1.81. The van der Waals surface area contributed by atoms with Gasteiger partial charge in [0.2, 0.25) is 5.91 Å². The van der Waals surface area contributed by atoms with E-state index in [0.717, 1.165) is 31.5 Å². The van der Waals surface area contributed by atoms with Gasteiger partial charge in [0.1, 0.15) is 6.04 Å². The van der Waals surface area contributed by atoms with Gasteiger partial charge in [-0.25, -0.2) is 4.79 Å². The van der Waals surface area contributed by atoms with E-state index in [9.17, 15) is 9.59 Å². The van der Waals surface area contributed by atoms with E-state index in [2.05, 4.69) is 24.3 Å². The van der Waals surface area contributed by atoms with E-state index < -0.39 is 12.1 Å². The molecule has 2 rings (SSSR count). The molecule has 0 unspecified atom stereocenters. The van der Waals surface area contributed by atoms with Crippen molar-refractivity contribution in [1.29, 1.82) is 0 Å². The van der Waals surface area contributed by atoms with Crippen molar-refractivity contribution in [2.75, 3.05) is 20.2 Å². The van der Waals surface area contributed by atoms with Gasteiger partial charge in [-0.15, -0.1) is 0 Å². The van der Waals surface area contributed by atoms with Gasteiger partial charge in [-0.1, -0.05) is 0 Å². The zero-order valence-electron chi connectivity index (χ0n) is 15.1. The monoisotopic (exact) mass is 336 g/mol. The fourth-order valence-electron chi connectivity index (χ4n) is 3.10. The van der Waals surface area contributed by atoms with E-state index in [4.69, 9.17) is 4.74 Å². The Kier molecular flexibility index (Phi) is 6.23. The molecular weight excluding hydrogens is 308 g/mol. The fraction of sp³-hybridized carbons (Fsp3) is 0.706. The summed E-state index contributed by atoms with van der Waals surface area (Å²) in [5, 5.41) is 7.44. The molecule has 0 saturated carbocycles. The molecule has 0 aromatic carbocycles. The number of hydrogen-bond donors (Lipinski definition) is 1. The van der Waals surface area contributed by atoms with Gasteiger partial charge in [0, 0.05) is 25.3 Å². The number of amides is 2. The van der Waals surface area contributed by atoms with Crippen molar-refractivity contribution in [3.05, 3.63) is 17.0 Å². The van der Waals surface area contributed by atoms with E-state index in [-0.39, 0.29) is 5.91 Å². The molecule has 1 atom stereocenters. The molecule has 2 amide bonds. The Labute approximate surface area is 143 Å². The predicted octanol–water partition coefficient (Wildman–Crippen LogP) is 1.94. The number of aryl methyl sites for hydroxylation is 2. The Morgan fingerprint density at radius 1 is 1.29 bits per heavy atom. The quantitative estimate of drug-likeness (QED) is 0.834. The van der Waals surface area contributed by atoms with Gasteiger partial charge < -0.3 is 10.1 Å². The number of nitrogens with one attached hydrogen (secondary N) is 1. The van der Waals surface area contributed by atoms with Crippen LogP contribution in [0.3, 0.4) is 0 Å². The van der Waals surface area contributed by atoms with Crippen LogP contribution in [0.1, 0.15) is 42.6 Å². The zero-order chi connectivity index (χ0) is 17.7. The molecule has 24 heavy (non-hydrogen) atoms. The van der Waals surface area contributed by atoms with Crippen LogP contribution in [-0.2, 0) is 16.1 Å². The summed E-state index contributed by atoms with van der Waals surface area (Å²) in [5.74, 6) is -0.0929. The van der Waals surface area contributed by atoms with Crippen LogP contribution in [0.25, 0.3) is 0 Å². The highest BCUT2D eigenvalue weighted by Crippen LogP contribution is 2.18. The highest BCUT2D eigenvalue weighted by atomic mass is 16.5. The smallest absolute Gasteiger partial charge is 0.410 e.